The lowest BCUT2D eigenvalue weighted by Crippen LogP contribution is -3.27. The molecule has 0 amide bonds. The van der Waals surface area contributed by atoms with Crippen LogP contribution in [0.1, 0.15) is 16.7 Å². The molecule has 0 aliphatic carbocycles. The van der Waals surface area contributed by atoms with Crippen molar-refractivity contribution in [3.63, 3.8) is 0 Å². The van der Waals surface area contributed by atoms with Gasteiger partial charge in [-0.3, -0.25) is 0 Å². The quantitative estimate of drug-likeness (QED) is 0.554. The molecule has 1 aliphatic heterocycles. The summed E-state index contributed by atoms with van der Waals surface area (Å²) in [5.74, 6) is 1.06. The first-order chi connectivity index (χ1) is 10.7. The molecule has 1 aliphatic rings. The van der Waals surface area contributed by atoms with Crippen molar-refractivity contribution in [3.05, 3.63) is 35.4 Å². The van der Waals surface area contributed by atoms with E-state index in [1.807, 2.05) is 12.1 Å². The lowest BCUT2D eigenvalue weighted by atomic mass is 10.1. The predicted molar refractivity (Wildman–Crippen MR) is 80.4 cm³/mol. The van der Waals surface area contributed by atoms with Crippen molar-refractivity contribution in [2.24, 2.45) is 0 Å². The van der Waals surface area contributed by atoms with Crippen LogP contribution in [0.4, 0.5) is 0 Å². The van der Waals surface area contributed by atoms with Gasteiger partial charge in [0.1, 0.15) is 37.4 Å². The van der Waals surface area contributed by atoms with E-state index in [0.29, 0.717) is 4.96 Å². The lowest BCUT2D eigenvalue weighted by Gasteiger charge is -2.31. The summed E-state index contributed by atoms with van der Waals surface area (Å²) < 4.78 is 7.17. The van der Waals surface area contributed by atoms with E-state index in [-0.39, 0.29) is 11.9 Å². The van der Waals surface area contributed by atoms with Crippen LogP contribution >= 0.6 is 11.3 Å². The number of quaternary nitrogens is 2. The third-order valence-corrected chi connectivity index (χ3v) is 5.48. The Labute approximate surface area is 131 Å². The second kappa shape index (κ2) is 5.38. The van der Waals surface area contributed by atoms with Crippen LogP contribution in [0.15, 0.2) is 29.1 Å². The standard InChI is InChI=1S/C14H17N5O2S/c1-17-4-6-18(7-5-17)11(10-3-2-8-21-10)12-13(20)19-14(22-12)15-9-16-19/h2-3,8-9,11,20H,4-7H2,1H3/p+2/t11-/m1/s1. The topological polar surface area (TPSA) is 72.4 Å². The lowest BCUT2D eigenvalue weighted by molar-refractivity contribution is -1.02. The van der Waals surface area contributed by atoms with Crippen molar-refractivity contribution in [1.29, 1.82) is 0 Å². The SMILES string of the molecule is C[NH+]1CC[NH+]([C@H](c2ccco2)c2sc3ncnn3c2O)CC1. The molecule has 0 bridgehead atoms. The van der Waals surface area contributed by atoms with Crippen molar-refractivity contribution in [2.75, 3.05) is 33.2 Å². The predicted octanol–water partition coefficient (Wildman–Crippen LogP) is -1.41. The molecule has 1 atom stereocenters. The number of rotatable bonds is 3. The van der Waals surface area contributed by atoms with Crippen LogP contribution in [0.2, 0.25) is 0 Å². The minimum Gasteiger partial charge on any atom is -0.492 e. The number of fused-ring (bicyclic) bond motifs is 1. The molecular weight excluding hydrogens is 302 g/mol. The molecule has 7 nitrogen and oxygen atoms in total. The fraction of sp³-hybridized carbons (Fsp3) is 0.429. The number of hydrogen-bond donors (Lipinski definition) is 3. The monoisotopic (exact) mass is 321 g/mol. The van der Waals surface area contributed by atoms with E-state index in [0.717, 1.165) is 36.8 Å². The van der Waals surface area contributed by atoms with Crippen LogP contribution in [-0.2, 0) is 0 Å². The summed E-state index contributed by atoms with van der Waals surface area (Å²) >= 11 is 1.48. The molecular formula is C14H19N5O2S+2. The van der Waals surface area contributed by atoms with Gasteiger partial charge in [0, 0.05) is 0 Å². The molecule has 22 heavy (non-hydrogen) atoms. The Kier molecular flexibility index (Phi) is 3.36. The van der Waals surface area contributed by atoms with Gasteiger partial charge in [-0.15, -0.1) is 0 Å². The number of furan rings is 1. The van der Waals surface area contributed by atoms with Gasteiger partial charge in [0.25, 0.3) is 0 Å². The van der Waals surface area contributed by atoms with E-state index in [1.54, 1.807) is 11.2 Å². The van der Waals surface area contributed by atoms with Crippen molar-refractivity contribution < 1.29 is 19.3 Å². The Bertz CT molecular complexity index is 757. The third-order valence-electron chi connectivity index (χ3n) is 4.38. The highest BCUT2D eigenvalue weighted by Crippen LogP contribution is 2.34. The summed E-state index contributed by atoms with van der Waals surface area (Å²) in [5.41, 5.74) is 0. The van der Waals surface area contributed by atoms with Crippen LogP contribution in [0.5, 0.6) is 5.88 Å². The average molecular weight is 321 g/mol. The number of nitrogens with one attached hydrogen (secondary N) is 2. The van der Waals surface area contributed by atoms with Gasteiger partial charge in [0.05, 0.1) is 13.3 Å². The molecule has 3 N–H and O–H groups in total. The third kappa shape index (κ3) is 2.20. The summed E-state index contributed by atoms with van der Waals surface area (Å²) in [4.78, 5) is 8.74. The van der Waals surface area contributed by atoms with E-state index >= 15 is 0 Å². The first kappa shape index (κ1) is 13.7. The zero-order valence-corrected chi connectivity index (χ0v) is 13.1. The molecule has 3 aromatic heterocycles. The van der Waals surface area contributed by atoms with Crippen molar-refractivity contribution in [1.82, 2.24) is 14.6 Å². The number of likely N-dealkylation sites (N-methyl/N-ethyl adjacent to an activating group) is 1. The number of aromatic nitrogens is 3. The maximum atomic E-state index is 10.5. The van der Waals surface area contributed by atoms with Crippen LogP contribution in [-0.4, -0.2) is 52.9 Å². The first-order valence-electron chi connectivity index (χ1n) is 7.44. The summed E-state index contributed by atoms with van der Waals surface area (Å²) in [6.07, 6.45) is 3.15. The van der Waals surface area contributed by atoms with Gasteiger partial charge < -0.3 is 19.3 Å². The van der Waals surface area contributed by atoms with Crippen molar-refractivity contribution in [2.45, 2.75) is 6.04 Å². The second-order valence-electron chi connectivity index (χ2n) is 5.81. The molecule has 116 valence electrons. The van der Waals surface area contributed by atoms with Crippen molar-refractivity contribution in [3.8, 4) is 5.88 Å². The minimum atomic E-state index is -0.00315. The van der Waals surface area contributed by atoms with E-state index in [1.165, 1.54) is 27.1 Å². The van der Waals surface area contributed by atoms with Gasteiger partial charge in [0.2, 0.25) is 10.8 Å². The maximum absolute atomic E-state index is 10.5. The van der Waals surface area contributed by atoms with Gasteiger partial charge in [-0.05, 0) is 12.1 Å². The number of hydrogen-bond acceptors (Lipinski definition) is 5. The minimum absolute atomic E-state index is 0.00315. The van der Waals surface area contributed by atoms with Crippen LogP contribution in [0.3, 0.4) is 0 Å². The molecule has 0 saturated carbocycles. The Balaban J connectivity index is 1.77. The smallest absolute Gasteiger partial charge is 0.235 e. The summed E-state index contributed by atoms with van der Waals surface area (Å²) in [6, 6.07) is 3.88. The first-order valence-corrected chi connectivity index (χ1v) is 8.26. The Morgan fingerprint density at radius 1 is 1.36 bits per heavy atom. The van der Waals surface area contributed by atoms with Crippen molar-refractivity contribution >= 4 is 16.3 Å². The number of thiazole rings is 1. The second-order valence-corrected chi connectivity index (χ2v) is 6.82. The Morgan fingerprint density at radius 3 is 2.86 bits per heavy atom. The molecule has 0 unspecified atom stereocenters. The maximum Gasteiger partial charge on any atom is 0.235 e. The molecule has 4 heterocycles. The highest BCUT2D eigenvalue weighted by atomic mass is 32.1. The largest absolute Gasteiger partial charge is 0.492 e. The van der Waals surface area contributed by atoms with Crippen LogP contribution in [0, 0.1) is 0 Å². The van der Waals surface area contributed by atoms with Gasteiger partial charge in [-0.1, -0.05) is 11.3 Å². The van der Waals surface area contributed by atoms with Gasteiger partial charge in [0.15, 0.2) is 11.8 Å². The van der Waals surface area contributed by atoms with E-state index in [2.05, 4.69) is 17.1 Å². The molecule has 0 spiro atoms. The summed E-state index contributed by atoms with van der Waals surface area (Å²) in [6.45, 7) is 4.33. The van der Waals surface area contributed by atoms with Gasteiger partial charge >= 0.3 is 0 Å². The number of piperazine rings is 1. The fourth-order valence-electron chi connectivity index (χ4n) is 3.14. The van der Waals surface area contributed by atoms with Gasteiger partial charge in [-0.25, -0.2) is 4.98 Å². The highest BCUT2D eigenvalue weighted by Gasteiger charge is 2.36. The molecule has 1 fully saturated rings. The average Bonchev–Trinajstić information content (AvgIpc) is 3.23. The Morgan fingerprint density at radius 2 is 2.18 bits per heavy atom. The highest BCUT2D eigenvalue weighted by molar-refractivity contribution is 7.17. The molecule has 0 radical (unpaired) electrons. The van der Waals surface area contributed by atoms with E-state index < -0.39 is 0 Å². The molecule has 3 aromatic rings. The molecule has 4 rings (SSSR count). The molecule has 1 saturated heterocycles. The van der Waals surface area contributed by atoms with Crippen LogP contribution in [0.25, 0.3) is 4.96 Å². The van der Waals surface area contributed by atoms with E-state index in [4.69, 9.17) is 4.42 Å². The van der Waals surface area contributed by atoms with Crippen LogP contribution < -0.4 is 9.80 Å². The fourth-order valence-corrected chi connectivity index (χ4v) is 4.24. The number of aromatic hydroxyl groups is 1. The summed E-state index contributed by atoms with van der Waals surface area (Å²) in [7, 11) is 2.22. The zero-order chi connectivity index (χ0) is 15.1. The Hall–Kier alpha value is -1.90. The summed E-state index contributed by atoms with van der Waals surface area (Å²) in [5, 5.41) is 14.6. The normalized spacial score (nSPS) is 23.9. The zero-order valence-electron chi connectivity index (χ0n) is 12.3. The van der Waals surface area contributed by atoms with Gasteiger partial charge in [-0.2, -0.15) is 9.61 Å². The molecule has 8 heteroatoms. The number of nitrogens with zero attached hydrogens (tertiary/aromatic N) is 3. The van der Waals surface area contributed by atoms with E-state index in [9.17, 15) is 5.11 Å². The molecule has 0 aromatic carbocycles.